The highest BCUT2D eigenvalue weighted by Crippen LogP contribution is 2.28. The lowest BCUT2D eigenvalue weighted by molar-refractivity contribution is -0.384. The molecule has 1 aliphatic carbocycles. The van der Waals surface area contributed by atoms with Crippen molar-refractivity contribution in [1.82, 2.24) is 15.3 Å². The molecule has 3 atom stereocenters. The highest BCUT2D eigenvalue weighted by atomic mass is 19.4. The Morgan fingerprint density at radius 3 is 2.38 bits per heavy atom. The van der Waals surface area contributed by atoms with E-state index < -0.39 is 6.36 Å². The van der Waals surface area contributed by atoms with E-state index in [4.69, 9.17) is 0 Å². The number of aromatic nitrogens is 2. The zero-order valence-electron chi connectivity index (χ0n) is 21.8. The van der Waals surface area contributed by atoms with Crippen molar-refractivity contribution in [2.75, 3.05) is 23.3 Å². The number of non-ortho nitro benzene ring substituents is 1. The zero-order valence-corrected chi connectivity index (χ0v) is 21.8. The van der Waals surface area contributed by atoms with E-state index in [0.717, 1.165) is 57.3 Å². The minimum Gasteiger partial charge on any atom is -0.406 e. The molecule has 3 aromatic rings. The Morgan fingerprint density at radius 2 is 1.68 bits per heavy atom. The molecule has 0 amide bonds. The van der Waals surface area contributed by atoms with E-state index in [1.807, 2.05) is 12.1 Å². The summed E-state index contributed by atoms with van der Waals surface area (Å²) in [5.41, 5.74) is 2.33. The molecule has 1 saturated heterocycles. The number of anilines is 2. The molecule has 2 heterocycles. The molecule has 0 radical (unpaired) electrons. The maximum Gasteiger partial charge on any atom is 0.573 e. The molecule has 5 rings (SSSR count). The van der Waals surface area contributed by atoms with Crippen LogP contribution in [-0.4, -0.2) is 52.5 Å². The van der Waals surface area contributed by atoms with E-state index in [0.29, 0.717) is 17.2 Å². The number of halogens is 3. The number of nitrogens with one attached hydrogen (secondary N) is 2. The summed E-state index contributed by atoms with van der Waals surface area (Å²) < 4.78 is 41.4. The molecule has 212 valence electrons. The van der Waals surface area contributed by atoms with E-state index >= 15 is 0 Å². The molecular weight excluding hydrogens is 525 g/mol. The molecule has 2 unspecified atom stereocenters. The molecule has 1 aliphatic heterocycles. The van der Waals surface area contributed by atoms with Gasteiger partial charge in [-0.2, -0.15) is 0 Å². The molecule has 9 nitrogen and oxygen atoms in total. The van der Waals surface area contributed by atoms with E-state index in [2.05, 4.69) is 30.2 Å². The summed E-state index contributed by atoms with van der Waals surface area (Å²) in [5, 5.41) is 18.3. The summed E-state index contributed by atoms with van der Waals surface area (Å²) in [6, 6.07) is 14.7. The number of benzene rings is 2. The lowest BCUT2D eigenvalue weighted by Gasteiger charge is -2.40. The van der Waals surface area contributed by atoms with Crippen molar-refractivity contribution in [1.29, 1.82) is 0 Å². The van der Waals surface area contributed by atoms with Crippen molar-refractivity contribution in [2.24, 2.45) is 0 Å². The van der Waals surface area contributed by atoms with Crippen LogP contribution >= 0.6 is 0 Å². The molecule has 12 heteroatoms. The highest BCUT2D eigenvalue weighted by Gasteiger charge is 2.31. The fourth-order valence-corrected chi connectivity index (χ4v) is 5.52. The van der Waals surface area contributed by atoms with Gasteiger partial charge in [-0.3, -0.25) is 10.1 Å². The summed E-state index contributed by atoms with van der Waals surface area (Å²) in [5.74, 6) is 0.192. The molecule has 40 heavy (non-hydrogen) atoms. The largest absolute Gasteiger partial charge is 0.573 e. The van der Waals surface area contributed by atoms with Crippen molar-refractivity contribution < 1.29 is 22.8 Å². The summed E-state index contributed by atoms with van der Waals surface area (Å²) in [7, 11) is 0. The van der Waals surface area contributed by atoms with Crippen LogP contribution in [0, 0.1) is 10.1 Å². The second-order valence-electron chi connectivity index (χ2n) is 10.2. The molecule has 2 aromatic carbocycles. The molecule has 0 spiro atoms. The van der Waals surface area contributed by atoms with Gasteiger partial charge in [0.05, 0.1) is 10.6 Å². The van der Waals surface area contributed by atoms with Crippen LogP contribution in [0.4, 0.5) is 30.5 Å². The third-order valence-corrected chi connectivity index (χ3v) is 7.42. The van der Waals surface area contributed by atoms with Crippen molar-refractivity contribution >= 4 is 17.3 Å². The van der Waals surface area contributed by atoms with Crippen LogP contribution in [0.5, 0.6) is 5.75 Å². The minimum atomic E-state index is -4.74. The summed E-state index contributed by atoms with van der Waals surface area (Å²) >= 11 is 0. The van der Waals surface area contributed by atoms with Crippen molar-refractivity contribution in [3.63, 3.8) is 0 Å². The fraction of sp³-hybridized carbons (Fsp3) is 0.429. The normalized spacial score (nSPS) is 21.6. The number of alkyl halides is 3. The summed E-state index contributed by atoms with van der Waals surface area (Å²) in [6.07, 6.45) is 3.18. The first kappa shape index (κ1) is 27.6. The molecule has 0 bridgehead atoms. The summed E-state index contributed by atoms with van der Waals surface area (Å²) in [4.78, 5) is 21.9. The third kappa shape index (κ3) is 7.17. The highest BCUT2D eigenvalue weighted by molar-refractivity contribution is 5.61. The number of nitro groups is 1. The number of rotatable bonds is 8. The average molecular weight is 557 g/mol. The quantitative estimate of drug-likeness (QED) is 0.260. The SMILES string of the molecule is O=[N+]([O-])c1ccc(N2CCC[C@H](NC3CCCCC3Nc3nccc(-c4ccc(OC(F)(F)F)cc4)n3)C2)cc1. The third-order valence-electron chi connectivity index (χ3n) is 7.42. The second kappa shape index (κ2) is 12.1. The predicted octanol–water partition coefficient (Wildman–Crippen LogP) is 5.93. The van der Waals surface area contributed by atoms with Crippen molar-refractivity contribution in [3.05, 3.63) is 70.9 Å². The van der Waals surface area contributed by atoms with E-state index in [1.54, 1.807) is 24.4 Å². The van der Waals surface area contributed by atoms with Gasteiger partial charge in [0.1, 0.15) is 5.75 Å². The maximum absolute atomic E-state index is 12.5. The molecule has 2 fully saturated rings. The monoisotopic (exact) mass is 556 g/mol. The van der Waals surface area contributed by atoms with Gasteiger partial charge in [0, 0.05) is 60.8 Å². The lowest BCUT2D eigenvalue weighted by atomic mass is 9.89. The fourth-order valence-electron chi connectivity index (χ4n) is 5.52. The first-order valence-electron chi connectivity index (χ1n) is 13.4. The van der Waals surface area contributed by atoms with Gasteiger partial charge in [0.15, 0.2) is 0 Å². The maximum atomic E-state index is 12.5. The van der Waals surface area contributed by atoms with Gasteiger partial charge >= 0.3 is 6.36 Å². The van der Waals surface area contributed by atoms with Crippen LogP contribution in [0.3, 0.4) is 0 Å². The molecule has 2 aliphatic rings. The Bertz CT molecular complexity index is 1290. The Balaban J connectivity index is 1.22. The van der Waals surface area contributed by atoms with Gasteiger partial charge in [-0.05, 0) is 68.1 Å². The number of ether oxygens (including phenoxy) is 1. The number of hydrogen-bond donors (Lipinski definition) is 2. The smallest absolute Gasteiger partial charge is 0.406 e. The zero-order chi connectivity index (χ0) is 28.1. The van der Waals surface area contributed by atoms with Gasteiger partial charge in [0.25, 0.3) is 5.69 Å². The van der Waals surface area contributed by atoms with Gasteiger partial charge in [0.2, 0.25) is 5.95 Å². The Labute approximate surface area is 229 Å². The first-order valence-corrected chi connectivity index (χ1v) is 13.4. The molecular formula is C28H31F3N6O3. The summed E-state index contributed by atoms with van der Waals surface area (Å²) in [6.45, 7) is 1.73. The number of piperidine rings is 1. The second-order valence-corrected chi connectivity index (χ2v) is 10.2. The number of hydrogen-bond acceptors (Lipinski definition) is 8. The van der Waals surface area contributed by atoms with Crippen LogP contribution < -0.4 is 20.3 Å². The Hall–Kier alpha value is -3.93. The van der Waals surface area contributed by atoms with Crippen LogP contribution in [0.15, 0.2) is 60.8 Å². The van der Waals surface area contributed by atoms with E-state index in [-0.39, 0.29) is 34.5 Å². The van der Waals surface area contributed by atoms with Crippen molar-refractivity contribution in [3.8, 4) is 17.0 Å². The standard InChI is InChI=1S/C28H31F3N6O3/c29-28(30,31)40-23-13-7-19(8-14-23)24-15-16-32-27(34-24)35-26-6-2-1-5-25(26)33-20-4-3-17-36(18-20)21-9-11-22(12-10-21)37(38)39/h7-16,20,25-26,33H,1-6,17-18H2,(H,32,34,35)/t20-,25?,26?/m0/s1. The van der Waals surface area contributed by atoms with Gasteiger partial charge < -0.3 is 20.3 Å². The minimum absolute atomic E-state index is 0.0883. The number of nitrogens with zero attached hydrogens (tertiary/aromatic N) is 4. The predicted molar refractivity (Wildman–Crippen MR) is 145 cm³/mol. The average Bonchev–Trinajstić information content (AvgIpc) is 2.94. The van der Waals surface area contributed by atoms with Gasteiger partial charge in [-0.15, -0.1) is 13.2 Å². The van der Waals surface area contributed by atoms with Gasteiger partial charge in [-0.1, -0.05) is 12.8 Å². The Kier molecular flexibility index (Phi) is 8.34. The van der Waals surface area contributed by atoms with E-state index in [1.165, 1.54) is 24.3 Å². The molecule has 1 saturated carbocycles. The lowest BCUT2D eigenvalue weighted by Crippen LogP contribution is -2.55. The van der Waals surface area contributed by atoms with Crippen LogP contribution in [0.25, 0.3) is 11.3 Å². The van der Waals surface area contributed by atoms with Crippen LogP contribution in [0.1, 0.15) is 38.5 Å². The van der Waals surface area contributed by atoms with Crippen LogP contribution in [-0.2, 0) is 0 Å². The first-order chi connectivity index (χ1) is 19.2. The van der Waals surface area contributed by atoms with Gasteiger partial charge in [-0.25, -0.2) is 9.97 Å². The van der Waals surface area contributed by atoms with Crippen LogP contribution in [0.2, 0.25) is 0 Å². The molecule has 1 aromatic heterocycles. The van der Waals surface area contributed by atoms with Crippen molar-refractivity contribution in [2.45, 2.75) is 63.0 Å². The molecule has 2 N–H and O–H groups in total. The van der Waals surface area contributed by atoms with E-state index in [9.17, 15) is 23.3 Å². The number of nitro benzene ring substituents is 1. The Morgan fingerprint density at radius 1 is 0.950 bits per heavy atom. The topological polar surface area (TPSA) is 105 Å².